The molecule has 6 nitrogen and oxygen atoms in total. The Bertz CT molecular complexity index is 575. The SMILES string of the molecule is CCC(=O)NCc1nn2c(C(F)(F)F)nnc2s1. The van der Waals surface area contributed by atoms with Crippen molar-refractivity contribution >= 4 is 22.2 Å². The number of hydrogen-bond donors (Lipinski definition) is 1. The second kappa shape index (κ2) is 4.52. The maximum Gasteiger partial charge on any atom is 0.453 e. The van der Waals surface area contributed by atoms with Crippen LogP contribution < -0.4 is 5.32 Å². The van der Waals surface area contributed by atoms with Crippen molar-refractivity contribution in [3.63, 3.8) is 0 Å². The third-order valence-electron chi connectivity index (χ3n) is 2.04. The fraction of sp³-hybridized carbons (Fsp3) is 0.500. The number of fused-ring (bicyclic) bond motifs is 1. The molecule has 0 radical (unpaired) electrons. The van der Waals surface area contributed by atoms with E-state index in [0.717, 1.165) is 11.3 Å². The van der Waals surface area contributed by atoms with Crippen LogP contribution in [0.2, 0.25) is 0 Å². The zero-order chi connectivity index (χ0) is 13.3. The molecule has 0 aliphatic heterocycles. The summed E-state index contributed by atoms with van der Waals surface area (Å²) in [5.74, 6) is -1.36. The van der Waals surface area contributed by atoms with Gasteiger partial charge in [-0.15, -0.1) is 10.2 Å². The molecule has 0 saturated carbocycles. The van der Waals surface area contributed by atoms with Crippen LogP contribution in [0, 0.1) is 0 Å². The van der Waals surface area contributed by atoms with Gasteiger partial charge in [-0.2, -0.15) is 22.8 Å². The number of carbonyl (C=O) groups is 1. The van der Waals surface area contributed by atoms with Gasteiger partial charge >= 0.3 is 6.18 Å². The molecule has 0 spiro atoms. The highest BCUT2D eigenvalue weighted by Crippen LogP contribution is 2.28. The molecule has 0 aliphatic carbocycles. The van der Waals surface area contributed by atoms with Gasteiger partial charge in [0.15, 0.2) is 0 Å². The van der Waals surface area contributed by atoms with Crippen molar-refractivity contribution in [3.8, 4) is 0 Å². The van der Waals surface area contributed by atoms with E-state index in [1.807, 2.05) is 0 Å². The van der Waals surface area contributed by atoms with Gasteiger partial charge in [0.25, 0.3) is 5.82 Å². The minimum Gasteiger partial charge on any atom is -0.350 e. The van der Waals surface area contributed by atoms with Gasteiger partial charge < -0.3 is 5.32 Å². The minimum absolute atomic E-state index is 0.0445. The van der Waals surface area contributed by atoms with E-state index in [1.165, 1.54) is 0 Å². The van der Waals surface area contributed by atoms with Crippen LogP contribution in [0.5, 0.6) is 0 Å². The Hall–Kier alpha value is -1.71. The summed E-state index contributed by atoms with van der Waals surface area (Å²) in [6.07, 6.45) is -4.30. The molecule has 2 aromatic heterocycles. The van der Waals surface area contributed by atoms with Gasteiger partial charge in [0, 0.05) is 6.42 Å². The van der Waals surface area contributed by atoms with Gasteiger partial charge in [0.2, 0.25) is 10.9 Å². The molecule has 1 N–H and O–H groups in total. The Morgan fingerprint density at radius 3 is 2.78 bits per heavy atom. The molecule has 2 heterocycles. The normalized spacial score (nSPS) is 12.0. The van der Waals surface area contributed by atoms with Crippen molar-refractivity contribution in [2.24, 2.45) is 0 Å². The van der Waals surface area contributed by atoms with Crippen LogP contribution in [-0.2, 0) is 17.5 Å². The number of hydrogen-bond acceptors (Lipinski definition) is 5. The lowest BCUT2D eigenvalue weighted by atomic mass is 10.4. The fourth-order valence-corrected chi connectivity index (χ4v) is 1.98. The third-order valence-corrected chi connectivity index (χ3v) is 2.94. The summed E-state index contributed by atoms with van der Waals surface area (Å²) in [5, 5.41) is 13.0. The molecule has 2 rings (SSSR count). The van der Waals surface area contributed by atoms with Crippen molar-refractivity contribution in [2.75, 3.05) is 0 Å². The molecule has 0 bridgehead atoms. The summed E-state index contributed by atoms with van der Waals surface area (Å²) in [4.78, 5) is 11.1. The molecule has 10 heteroatoms. The van der Waals surface area contributed by atoms with Crippen LogP contribution in [0.25, 0.3) is 4.96 Å². The van der Waals surface area contributed by atoms with E-state index < -0.39 is 12.0 Å². The van der Waals surface area contributed by atoms with Crippen LogP contribution in [0.3, 0.4) is 0 Å². The number of nitrogens with zero attached hydrogens (tertiary/aromatic N) is 4. The van der Waals surface area contributed by atoms with Gasteiger partial charge in [-0.1, -0.05) is 18.3 Å². The quantitative estimate of drug-likeness (QED) is 0.917. The zero-order valence-electron chi connectivity index (χ0n) is 9.15. The summed E-state index contributed by atoms with van der Waals surface area (Å²) < 4.78 is 38.1. The zero-order valence-corrected chi connectivity index (χ0v) is 9.97. The van der Waals surface area contributed by atoms with Crippen LogP contribution in [0.1, 0.15) is 24.2 Å². The summed E-state index contributed by atoms with van der Waals surface area (Å²) in [6.45, 7) is 1.76. The van der Waals surface area contributed by atoms with Crippen LogP contribution >= 0.6 is 11.3 Å². The molecule has 18 heavy (non-hydrogen) atoms. The van der Waals surface area contributed by atoms with E-state index >= 15 is 0 Å². The fourth-order valence-electron chi connectivity index (χ4n) is 1.20. The van der Waals surface area contributed by atoms with E-state index in [2.05, 4.69) is 20.6 Å². The van der Waals surface area contributed by atoms with Crippen LogP contribution in [0.15, 0.2) is 0 Å². The van der Waals surface area contributed by atoms with Gasteiger partial charge in [0.1, 0.15) is 5.01 Å². The lowest BCUT2D eigenvalue weighted by molar-refractivity contribution is -0.146. The highest BCUT2D eigenvalue weighted by Gasteiger charge is 2.38. The first-order valence-electron chi connectivity index (χ1n) is 4.97. The average Bonchev–Trinajstić information content (AvgIpc) is 2.82. The monoisotopic (exact) mass is 279 g/mol. The number of carbonyl (C=O) groups excluding carboxylic acids is 1. The molecule has 0 fully saturated rings. The highest BCUT2D eigenvalue weighted by molar-refractivity contribution is 7.16. The minimum atomic E-state index is -4.60. The average molecular weight is 279 g/mol. The summed E-state index contributed by atoms with van der Waals surface area (Å²) in [7, 11) is 0. The topological polar surface area (TPSA) is 72.2 Å². The number of aromatic nitrogens is 4. The lowest BCUT2D eigenvalue weighted by Crippen LogP contribution is -2.21. The molecule has 0 aromatic carbocycles. The molecule has 98 valence electrons. The Balaban J connectivity index is 2.23. The Labute approximate surface area is 103 Å². The van der Waals surface area contributed by atoms with Crippen LogP contribution in [-0.4, -0.2) is 25.7 Å². The predicted molar refractivity (Wildman–Crippen MR) is 55.8 cm³/mol. The smallest absolute Gasteiger partial charge is 0.350 e. The van der Waals surface area contributed by atoms with E-state index in [0.29, 0.717) is 15.9 Å². The van der Waals surface area contributed by atoms with Crippen molar-refractivity contribution in [1.82, 2.24) is 25.1 Å². The first-order valence-corrected chi connectivity index (χ1v) is 5.78. The first-order chi connectivity index (χ1) is 8.41. The number of amides is 1. The molecule has 0 saturated heterocycles. The molecular formula is C8H8F3N5OS. The summed E-state index contributed by atoms with van der Waals surface area (Å²) in [5.41, 5.74) is 0. The standard InChI is InChI=1S/C8H8F3N5OS/c1-2-4(17)12-3-5-15-16-6(8(9,10)11)13-14-7(16)18-5/h2-3H2,1H3,(H,12,17). The van der Waals surface area contributed by atoms with E-state index in [1.54, 1.807) is 6.92 Å². The maximum atomic E-state index is 12.5. The number of alkyl halides is 3. The Morgan fingerprint density at radius 1 is 1.44 bits per heavy atom. The number of nitrogens with one attached hydrogen (secondary N) is 1. The van der Waals surface area contributed by atoms with Gasteiger partial charge in [0.05, 0.1) is 6.54 Å². The predicted octanol–water partition coefficient (Wildman–Crippen LogP) is 1.23. The van der Waals surface area contributed by atoms with Crippen molar-refractivity contribution in [3.05, 3.63) is 10.8 Å². The highest BCUT2D eigenvalue weighted by atomic mass is 32.1. The molecular weight excluding hydrogens is 271 g/mol. The van der Waals surface area contributed by atoms with Gasteiger partial charge in [-0.25, -0.2) is 0 Å². The molecule has 2 aromatic rings. The molecule has 0 unspecified atom stereocenters. The van der Waals surface area contributed by atoms with Crippen LogP contribution in [0.4, 0.5) is 13.2 Å². The molecule has 0 aliphatic rings. The summed E-state index contributed by atoms with van der Waals surface area (Å²) >= 11 is 0.950. The Morgan fingerprint density at radius 2 is 2.17 bits per heavy atom. The number of rotatable bonds is 3. The third kappa shape index (κ3) is 2.42. The lowest BCUT2D eigenvalue weighted by Gasteiger charge is -2.00. The van der Waals surface area contributed by atoms with E-state index in [9.17, 15) is 18.0 Å². The molecule has 0 atom stereocenters. The molecule has 1 amide bonds. The largest absolute Gasteiger partial charge is 0.453 e. The van der Waals surface area contributed by atoms with E-state index in [4.69, 9.17) is 0 Å². The number of halogens is 3. The van der Waals surface area contributed by atoms with Gasteiger partial charge in [-0.3, -0.25) is 4.79 Å². The van der Waals surface area contributed by atoms with Crippen molar-refractivity contribution < 1.29 is 18.0 Å². The first kappa shape index (κ1) is 12.7. The second-order valence-electron chi connectivity index (χ2n) is 3.34. The van der Waals surface area contributed by atoms with E-state index in [-0.39, 0.29) is 17.4 Å². The van der Waals surface area contributed by atoms with Gasteiger partial charge in [-0.05, 0) is 0 Å². The Kier molecular flexibility index (Phi) is 3.20. The van der Waals surface area contributed by atoms with Crippen molar-refractivity contribution in [1.29, 1.82) is 0 Å². The maximum absolute atomic E-state index is 12.5. The second-order valence-corrected chi connectivity index (χ2v) is 4.38. The summed E-state index contributed by atoms with van der Waals surface area (Å²) in [6, 6.07) is 0. The van der Waals surface area contributed by atoms with Crippen molar-refractivity contribution in [2.45, 2.75) is 26.1 Å².